The molecule has 4 N–H and O–H groups in total. The number of urea groups is 1. The van der Waals surface area contributed by atoms with Crippen LogP contribution < -0.4 is 11.1 Å². The van der Waals surface area contributed by atoms with Crippen LogP contribution in [0.5, 0.6) is 0 Å². The first-order chi connectivity index (χ1) is 11.4. The summed E-state index contributed by atoms with van der Waals surface area (Å²) >= 11 is 1.24. The molecular formula is C15H16FN3O4S. The SMILES string of the molecule is C[C@@H](CNC(=O)c1ccc(Sc2ccc(F)cc2)o1)N(O)C(N)=O. The number of halogens is 1. The zero-order valence-corrected chi connectivity index (χ0v) is 13.5. The van der Waals surface area contributed by atoms with Crippen LogP contribution in [0.3, 0.4) is 0 Å². The molecule has 1 aromatic heterocycles. The molecule has 7 nitrogen and oxygen atoms in total. The molecule has 0 bridgehead atoms. The van der Waals surface area contributed by atoms with Crippen LogP contribution in [0.25, 0.3) is 0 Å². The number of benzene rings is 1. The number of rotatable bonds is 6. The highest BCUT2D eigenvalue weighted by atomic mass is 32.2. The number of nitrogens with one attached hydrogen (secondary N) is 1. The Morgan fingerprint density at radius 2 is 2.00 bits per heavy atom. The van der Waals surface area contributed by atoms with Gasteiger partial charge in [0.05, 0.1) is 6.04 Å². The molecule has 0 aliphatic rings. The number of nitrogens with zero attached hydrogens (tertiary/aromatic N) is 1. The monoisotopic (exact) mass is 353 g/mol. The summed E-state index contributed by atoms with van der Waals surface area (Å²) in [6.45, 7) is 1.52. The first-order valence-electron chi connectivity index (χ1n) is 6.96. The van der Waals surface area contributed by atoms with E-state index in [2.05, 4.69) is 5.32 Å². The van der Waals surface area contributed by atoms with Gasteiger partial charge in [-0.3, -0.25) is 10.0 Å². The van der Waals surface area contributed by atoms with Crippen molar-refractivity contribution >= 4 is 23.7 Å². The maximum Gasteiger partial charge on any atom is 0.338 e. The van der Waals surface area contributed by atoms with E-state index < -0.39 is 18.0 Å². The highest BCUT2D eigenvalue weighted by Crippen LogP contribution is 2.29. The zero-order valence-electron chi connectivity index (χ0n) is 12.7. The maximum absolute atomic E-state index is 12.9. The van der Waals surface area contributed by atoms with E-state index in [1.807, 2.05) is 0 Å². The van der Waals surface area contributed by atoms with Gasteiger partial charge in [0.2, 0.25) is 0 Å². The third-order valence-corrected chi connectivity index (χ3v) is 3.97. The van der Waals surface area contributed by atoms with Crippen molar-refractivity contribution < 1.29 is 23.6 Å². The van der Waals surface area contributed by atoms with E-state index in [1.54, 1.807) is 18.2 Å². The van der Waals surface area contributed by atoms with E-state index in [4.69, 9.17) is 10.2 Å². The fourth-order valence-corrected chi connectivity index (χ4v) is 2.52. The summed E-state index contributed by atoms with van der Waals surface area (Å²) in [6.07, 6.45) is 0. The van der Waals surface area contributed by atoms with Gasteiger partial charge in [-0.05, 0) is 43.3 Å². The second kappa shape index (κ2) is 7.84. The molecule has 128 valence electrons. The summed E-state index contributed by atoms with van der Waals surface area (Å²) in [7, 11) is 0. The van der Waals surface area contributed by atoms with Crippen LogP contribution in [-0.2, 0) is 0 Å². The van der Waals surface area contributed by atoms with E-state index in [0.29, 0.717) is 10.2 Å². The van der Waals surface area contributed by atoms with E-state index in [9.17, 15) is 19.2 Å². The summed E-state index contributed by atoms with van der Waals surface area (Å²) in [5.41, 5.74) is 4.92. The smallest absolute Gasteiger partial charge is 0.338 e. The van der Waals surface area contributed by atoms with Crippen molar-refractivity contribution in [3.05, 3.63) is 48.0 Å². The second-order valence-electron chi connectivity index (χ2n) is 4.92. The predicted molar refractivity (Wildman–Crippen MR) is 84.2 cm³/mol. The minimum absolute atomic E-state index is 0.000584. The summed E-state index contributed by atoms with van der Waals surface area (Å²) in [5.74, 6) is -0.747. The molecule has 0 saturated heterocycles. The van der Waals surface area contributed by atoms with Gasteiger partial charge in [-0.1, -0.05) is 11.8 Å². The van der Waals surface area contributed by atoms with Crippen LogP contribution >= 0.6 is 11.8 Å². The first-order valence-corrected chi connectivity index (χ1v) is 7.77. The number of furan rings is 1. The Morgan fingerprint density at radius 3 is 2.62 bits per heavy atom. The van der Waals surface area contributed by atoms with Crippen LogP contribution in [0, 0.1) is 5.82 Å². The largest absolute Gasteiger partial charge is 0.444 e. The van der Waals surface area contributed by atoms with Gasteiger partial charge in [0.1, 0.15) is 5.82 Å². The Kier molecular flexibility index (Phi) is 5.83. The van der Waals surface area contributed by atoms with Crippen molar-refractivity contribution in [3.8, 4) is 0 Å². The van der Waals surface area contributed by atoms with E-state index >= 15 is 0 Å². The molecule has 0 aliphatic carbocycles. The lowest BCUT2D eigenvalue weighted by atomic mass is 10.3. The van der Waals surface area contributed by atoms with Gasteiger partial charge < -0.3 is 15.5 Å². The Labute approximate surface area is 141 Å². The lowest BCUT2D eigenvalue weighted by molar-refractivity contribution is -0.0682. The topological polar surface area (TPSA) is 109 Å². The van der Waals surface area contributed by atoms with Gasteiger partial charge in [-0.15, -0.1) is 0 Å². The molecular weight excluding hydrogens is 337 g/mol. The molecule has 1 aromatic carbocycles. The van der Waals surface area contributed by atoms with Crippen LogP contribution in [0.15, 0.2) is 50.8 Å². The van der Waals surface area contributed by atoms with Gasteiger partial charge in [-0.25, -0.2) is 14.2 Å². The molecule has 0 spiro atoms. The van der Waals surface area contributed by atoms with Crippen LogP contribution in [0.2, 0.25) is 0 Å². The lowest BCUT2D eigenvalue weighted by Gasteiger charge is -2.20. The van der Waals surface area contributed by atoms with Gasteiger partial charge in [-0.2, -0.15) is 0 Å². The Balaban J connectivity index is 1.91. The molecule has 24 heavy (non-hydrogen) atoms. The lowest BCUT2D eigenvalue weighted by Crippen LogP contribution is -2.45. The van der Waals surface area contributed by atoms with E-state index in [0.717, 1.165) is 4.90 Å². The molecule has 0 aliphatic heterocycles. The normalized spacial score (nSPS) is 11.8. The van der Waals surface area contributed by atoms with Crippen molar-refractivity contribution in [1.29, 1.82) is 0 Å². The number of amides is 3. The quantitative estimate of drug-likeness (QED) is 0.546. The number of carbonyl (C=O) groups excluding carboxylic acids is 2. The highest BCUT2D eigenvalue weighted by molar-refractivity contribution is 7.99. The molecule has 2 rings (SSSR count). The minimum atomic E-state index is -1.01. The zero-order chi connectivity index (χ0) is 17.7. The Morgan fingerprint density at radius 1 is 1.33 bits per heavy atom. The van der Waals surface area contributed by atoms with Crippen molar-refractivity contribution in [3.63, 3.8) is 0 Å². The number of carbonyl (C=O) groups is 2. The van der Waals surface area contributed by atoms with Crippen molar-refractivity contribution in [2.75, 3.05) is 6.54 Å². The third kappa shape index (κ3) is 4.74. The molecule has 1 atom stereocenters. The molecule has 0 saturated carbocycles. The van der Waals surface area contributed by atoms with Gasteiger partial charge in [0, 0.05) is 11.4 Å². The fourth-order valence-electron chi connectivity index (χ4n) is 1.75. The standard InChI is InChI=1S/C15H16FN3O4S/c1-9(19(22)15(17)21)8-18-14(20)12-6-7-13(23-12)24-11-4-2-10(16)3-5-11/h2-7,9,22H,8H2,1H3,(H2,17,21)(H,18,20)/t9-/m0/s1. The first kappa shape index (κ1) is 17.8. The maximum atomic E-state index is 12.9. The van der Waals surface area contributed by atoms with Gasteiger partial charge in [0.25, 0.3) is 5.91 Å². The summed E-state index contributed by atoms with van der Waals surface area (Å²) in [4.78, 5) is 23.5. The molecule has 1 heterocycles. The number of hydrogen-bond acceptors (Lipinski definition) is 5. The molecule has 0 fully saturated rings. The fraction of sp³-hybridized carbons (Fsp3) is 0.200. The third-order valence-electron chi connectivity index (χ3n) is 3.04. The molecule has 0 radical (unpaired) electrons. The molecule has 0 unspecified atom stereocenters. The number of primary amides is 1. The van der Waals surface area contributed by atoms with Crippen LogP contribution in [-0.4, -0.2) is 34.8 Å². The van der Waals surface area contributed by atoms with Crippen molar-refractivity contribution in [2.24, 2.45) is 5.73 Å². The average molecular weight is 353 g/mol. The number of hydrogen-bond donors (Lipinski definition) is 3. The van der Waals surface area contributed by atoms with Crippen molar-refractivity contribution in [1.82, 2.24) is 10.4 Å². The highest BCUT2D eigenvalue weighted by Gasteiger charge is 2.18. The van der Waals surface area contributed by atoms with Crippen LogP contribution in [0.4, 0.5) is 9.18 Å². The number of hydroxylamine groups is 2. The predicted octanol–water partition coefficient (Wildman–Crippen LogP) is 2.46. The minimum Gasteiger partial charge on any atom is -0.444 e. The molecule has 3 amide bonds. The molecule has 2 aromatic rings. The number of nitrogens with two attached hydrogens (primary N) is 1. The Bertz CT molecular complexity index is 720. The van der Waals surface area contributed by atoms with E-state index in [1.165, 1.54) is 36.9 Å². The summed E-state index contributed by atoms with van der Waals surface area (Å²) < 4.78 is 18.3. The summed E-state index contributed by atoms with van der Waals surface area (Å²) in [5, 5.41) is 12.6. The van der Waals surface area contributed by atoms with Crippen LogP contribution in [0.1, 0.15) is 17.5 Å². The molecule has 9 heteroatoms. The van der Waals surface area contributed by atoms with E-state index in [-0.39, 0.29) is 18.1 Å². The van der Waals surface area contributed by atoms with Gasteiger partial charge >= 0.3 is 6.03 Å². The Hall–Kier alpha value is -2.52. The van der Waals surface area contributed by atoms with Crippen molar-refractivity contribution in [2.45, 2.75) is 23.0 Å². The van der Waals surface area contributed by atoms with Gasteiger partial charge in [0.15, 0.2) is 10.9 Å². The second-order valence-corrected chi connectivity index (χ2v) is 5.99. The summed E-state index contributed by atoms with van der Waals surface area (Å²) in [6, 6.07) is 7.29. The average Bonchev–Trinajstić information content (AvgIpc) is 3.02.